The van der Waals surface area contributed by atoms with Crippen LogP contribution in [-0.4, -0.2) is 31.9 Å². The first kappa shape index (κ1) is 15.9. The summed E-state index contributed by atoms with van der Waals surface area (Å²) in [5.74, 6) is -0.506. The van der Waals surface area contributed by atoms with Crippen LogP contribution < -0.4 is 10.1 Å². The van der Waals surface area contributed by atoms with E-state index >= 15 is 0 Å². The average Bonchev–Trinajstić information content (AvgIpc) is 2.90. The van der Waals surface area contributed by atoms with Crippen molar-refractivity contribution in [3.63, 3.8) is 0 Å². The number of ether oxygens (including phenoxy) is 2. The van der Waals surface area contributed by atoms with Crippen LogP contribution in [0, 0.1) is 5.92 Å². The number of halogens is 4. The van der Waals surface area contributed by atoms with Crippen molar-refractivity contribution in [1.82, 2.24) is 0 Å². The van der Waals surface area contributed by atoms with E-state index in [2.05, 4.69) is 10.1 Å². The Bertz CT molecular complexity index is 516. The van der Waals surface area contributed by atoms with Crippen LogP contribution in [0.1, 0.15) is 6.42 Å². The molecular weight excluding hydrogens is 311 g/mol. The second kappa shape index (κ2) is 6.53. The van der Waals surface area contributed by atoms with Gasteiger partial charge in [-0.1, -0.05) is 11.6 Å². The van der Waals surface area contributed by atoms with Gasteiger partial charge in [-0.15, -0.1) is 0 Å². The monoisotopic (exact) mass is 323 g/mol. The molecule has 1 saturated heterocycles. The average molecular weight is 324 g/mol. The van der Waals surface area contributed by atoms with Crippen LogP contribution in [0.2, 0.25) is 5.02 Å². The van der Waals surface area contributed by atoms with Gasteiger partial charge in [0.15, 0.2) is 6.61 Å². The second-order valence-corrected chi connectivity index (χ2v) is 5.01. The number of carbonyl (C=O) groups excluding carboxylic acids is 1. The maximum atomic E-state index is 12.1. The van der Waals surface area contributed by atoms with Crippen molar-refractivity contribution in [3.05, 3.63) is 23.2 Å². The van der Waals surface area contributed by atoms with E-state index in [1.165, 1.54) is 18.2 Å². The summed E-state index contributed by atoms with van der Waals surface area (Å²) in [7, 11) is 0. The largest absolute Gasteiger partial charge is 0.483 e. The van der Waals surface area contributed by atoms with Crippen molar-refractivity contribution in [3.8, 4) is 5.75 Å². The van der Waals surface area contributed by atoms with E-state index in [1.54, 1.807) is 0 Å². The van der Waals surface area contributed by atoms with Crippen LogP contribution in [0.25, 0.3) is 0 Å². The Morgan fingerprint density at radius 3 is 2.81 bits per heavy atom. The number of alkyl halides is 3. The highest BCUT2D eigenvalue weighted by atomic mass is 35.5. The van der Waals surface area contributed by atoms with Gasteiger partial charge in [0, 0.05) is 12.3 Å². The molecule has 1 heterocycles. The van der Waals surface area contributed by atoms with Crippen molar-refractivity contribution in [1.29, 1.82) is 0 Å². The molecule has 116 valence electrons. The predicted octanol–water partition coefficient (Wildman–Crippen LogP) is 3.26. The fraction of sp³-hybridized carbons (Fsp3) is 0.462. The maximum absolute atomic E-state index is 12.1. The minimum atomic E-state index is -4.43. The molecule has 1 aliphatic rings. The van der Waals surface area contributed by atoms with Gasteiger partial charge in [-0.2, -0.15) is 13.2 Å². The number of anilines is 1. The summed E-state index contributed by atoms with van der Waals surface area (Å²) >= 11 is 5.83. The van der Waals surface area contributed by atoms with Gasteiger partial charge in [-0.05, 0) is 24.6 Å². The lowest BCUT2D eigenvalue weighted by Gasteiger charge is -2.13. The van der Waals surface area contributed by atoms with Gasteiger partial charge in [0.1, 0.15) is 5.75 Å². The van der Waals surface area contributed by atoms with Gasteiger partial charge >= 0.3 is 6.18 Å². The molecule has 8 heteroatoms. The summed E-state index contributed by atoms with van der Waals surface area (Å²) in [5.41, 5.74) is 0.399. The summed E-state index contributed by atoms with van der Waals surface area (Å²) < 4.78 is 45.9. The quantitative estimate of drug-likeness (QED) is 0.925. The van der Waals surface area contributed by atoms with Crippen LogP contribution in [0.3, 0.4) is 0 Å². The van der Waals surface area contributed by atoms with Gasteiger partial charge < -0.3 is 14.8 Å². The van der Waals surface area contributed by atoms with Crippen LogP contribution in [-0.2, 0) is 9.53 Å². The molecular formula is C13H13ClF3NO3. The van der Waals surface area contributed by atoms with Crippen LogP contribution in [0.15, 0.2) is 18.2 Å². The summed E-state index contributed by atoms with van der Waals surface area (Å²) in [4.78, 5) is 11.9. The van der Waals surface area contributed by atoms with Crippen molar-refractivity contribution in [2.75, 3.05) is 25.1 Å². The lowest BCUT2D eigenvalue weighted by molar-refractivity contribution is -0.153. The zero-order valence-electron chi connectivity index (χ0n) is 10.9. The van der Waals surface area contributed by atoms with E-state index in [0.717, 1.165) is 0 Å². The van der Waals surface area contributed by atoms with Gasteiger partial charge in [-0.3, -0.25) is 4.79 Å². The third-order valence-electron chi connectivity index (χ3n) is 2.89. The summed E-state index contributed by atoms with van der Waals surface area (Å²) in [6, 6.07) is 4.07. The molecule has 4 nitrogen and oxygen atoms in total. The maximum Gasteiger partial charge on any atom is 0.422 e. The molecule has 0 radical (unpaired) electrons. The lowest BCUT2D eigenvalue weighted by atomic mass is 10.1. The molecule has 0 bridgehead atoms. The summed E-state index contributed by atoms with van der Waals surface area (Å²) in [6.45, 7) is -0.507. The molecule has 1 fully saturated rings. The number of rotatable bonds is 4. The highest BCUT2D eigenvalue weighted by Gasteiger charge is 2.29. The van der Waals surface area contributed by atoms with Crippen molar-refractivity contribution >= 4 is 23.2 Å². The second-order valence-electron chi connectivity index (χ2n) is 4.60. The Balaban J connectivity index is 1.96. The third-order valence-corrected chi connectivity index (χ3v) is 3.19. The molecule has 1 amide bonds. The SMILES string of the molecule is O=C(Nc1ccc(OCC(F)(F)F)c(Cl)c1)[C@H]1CCOC1. The zero-order chi connectivity index (χ0) is 15.5. The molecule has 1 N–H and O–H groups in total. The molecule has 1 aromatic rings. The van der Waals surface area contributed by atoms with Gasteiger partial charge in [0.05, 0.1) is 17.5 Å². The van der Waals surface area contributed by atoms with E-state index in [1.807, 2.05) is 0 Å². The van der Waals surface area contributed by atoms with E-state index in [0.29, 0.717) is 25.3 Å². The first-order chi connectivity index (χ1) is 9.85. The molecule has 1 aromatic carbocycles. The molecule has 0 aromatic heterocycles. The molecule has 2 rings (SSSR count). The molecule has 1 aliphatic heterocycles. The molecule has 21 heavy (non-hydrogen) atoms. The standard InChI is InChI=1S/C13H13ClF3NO3/c14-10-5-9(18-12(19)8-3-4-20-6-8)1-2-11(10)21-7-13(15,16)17/h1-2,5,8H,3-4,6-7H2,(H,18,19)/t8-/m0/s1. The Hall–Kier alpha value is -1.47. The molecule has 0 saturated carbocycles. The predicted molar refractivity (Wildman–Crippen MR) is 70.6 cm³/mol. The highest BCUT2D eigenvalue weighted by molar-refractivity contribution is 6.32. The third kappa shape index (κ3) is 4.78. The van der Waals surface area contributed by atoms with Crippen LogP contribution in [0.4, 0.5) is 18.9 Å². The van der Waals surface area contributed by atoms with Gasteiger partial charge in [0.2, 0.25) is 5.91 Å². The molecule has 0 spiro atoms. The van der Waals surface area contributed by atoms with Crippen molar-refractivity contribution in [2.24, 2.45) is 5.92 Å². The summed E-state index contributed by atoms with van der Waals surface area (Å²) in [5, 5.41) is 2.64. The number of amides is 1. The van der Waals surface area contributed by atoms with Gasteiger partial charge in [-0.25, -0.2) is 0 Å². The first-order valence-electron chi connectivity index (χ1n) is 6.23. The normalized spacial score (nSPS) is 18.6. The van der Waals surface area contributed by atoms with Gasteiger partial charge in [0.25, 0.3) is 0 Å². The Labute approximate surface area is 124 Å². The number of benzene rings is 1. The number of hydrogen-bond acceptors (Lipinski definition) is 3. The smallest absolute Gasteiger partial charge is 0.422 e. The molecule has 0 unspecified atom stereocenters. The number of carbonyl (C=O) groups is 1. The van der Waals surface area contributed by atoms with Crippen LogP contribution in [0.5, 0.6) is 5.75 Å². The first-order valence-corrected chi connectivity index (χ1v) is 6.60. The minimum Gasteiger partial charge on any atom is -0.483 e. The van der Waals surface area contributed by atoms with E-state index in [4.69, 9.17) is 16.3 Å². The molecule has 0 aliphatic carbocycles. The number of hydrogen-bond donors (Lipinski definition) is 1. The van der Waals surface area contributed by atoms with E-state index in [9.17, 15) is 18.0 Å². The minimum absolute atomic E-state index is 0.000257. The van der Waals surface area contributed by atoms with E-state index in [-0.39, 0.29) is 22.6 Å². The topological polar surface area (TPSA) is 47.6 Å². The highest BCUT2D eigenvalue weighted by Crippen LogP contribution is 2.29. The zero-order valence-corrected chi connectivity index (χ0v) is 11.6. The fourth-order valence-electron chi connectivity index (χ4n) is 1.84. The fourth-order valence-corrected chi connectivity index (χ4v) is 2.08. The van der Waals surface area contributed by atoms with Crippen LogP contribution >= 0.6 is 11.6 Å². The van der Waals surface area contributed by atoms with Crippen molar-refractivity contribution in [2.45, 2.75) is 12.6 Å². The Kier molecular flexibility index (Phi) is 4.95. The van der Waals surface area contributed by atoms with E-state index < -0.39 is 12.8 Å². The summed E-state index contributed by atoms with van der Waals surface area (Å²) in [6.07, 6.45) is -3.79. The molecule has 1 atom stereocenters. The Morgan fingerprint density at radius 2 is 2.24 bits per heavy atom. The lowest BCUT2D eigenvalue weighted by Crippen LogP contribution is -2.22. The Morgan fingerprint density at radius 1 is 1.48 bits per heavy atom. The number of nitrogens with one attached hydrogen (secondary N) is 1. The van der Waals surface area contributed by atoms with Crippen molar-refractivity contribution < 1.29 is 27.4 Å².